The van der Waals surface area contributed by atoms with E-state index in [1.165, 1.54) is 25.1 Å². The number of phenols is 1. The summed E-state index contributed by atoms with van der Waals surface area (Å²) >= 11 is 0. The maximum Gasteiger partial charge on any atom is 0.230 e. The monoisotopic (exact) mass is 569 g/mol. The average molecular weight is 570 g/mol. The van der Waals surface area contributed by atoms with E-state index < -0.39 is 87.6 Å². The molecule has 3 aliphatic carbocycles. The number of halogens is 1. The van der Waals surface area contributed by atoms with Gasteiger partial charge in [-0.05, 0) is 53.5 Å². The van der Waals surface area contributed by atoms with Gasteiger partial charge in [0.2, 0.25) is 5.91 Å². The van der Waals surface area contributed by atoms with Crippen molar-refractivity contribution >= 4 is 17.5 Å². The number of ketones is 2. The van der Waals surface area contributed by atoms with Crippen molar-refractivity contribution in [3.8, 4) is 5.75 Å². The Morgan fingerprint density at radius 3 is 2.22 bits per heavy atom. The number of aromatic hydroxyl groups is 1. The summed E-state index contributed by atoms with van der Waals surface area (Å²) in [6.07, 6.45) is -5.38. The zero-order valence-electron chi connectivity index (χ0n) is 23.3. The largest absolute Gasteiger partial charge is 0.507 e. The lowest BCUT2D eigenvalue weighted by molar-refractivity contribution is -0.307. The Kier molecular flexibility index (Phi) is 6.74. The van der Waals surface area contributed by atoms with Crippen molar-refractivity contribution in [3.63, 3.8) is 0 Å². The Morgan fingerprint density at radius 2 is 1.66 bits per heavy atom. The van der Waals surface area contributed by atoms with Crippen molar-refractivity contribution in [2.24, 2.45) is 40.2 Å². The first-order chi connectivity index (χ1) is 19.1. The molecule has 0 saturated heterocycles. The van der Waals surface area contributed by atoms with Crippen molar-refractivity contribution in [2.45, 2.75) is 63.9 Å². The number of carbonyl (C=O) groups excluding carboxylic acids is 3. The van der Waals surface area contributed by atoms with Gasteiger partial charge in [-0.1, -0.05) is 52.0 Å². The van der Waals surface area contributed by atoms with E-state index in [1.807, 2.05) is 0 Å². The van der Waals surface area contributed by atoms with Crippen LogP contribution in [0.5, 0.6) is 5.75 Å². The van der Waals surface area contributed by atoms with Crippen LogP contribution in [-0.4, -0.2) is 66.9 Å². The molecule has 2 saturated carbocycles. The molecule has 0 heterocycles. The minimum absolute atomic E-state index is 0.115. The van der Waals surface area contributed by atoms with Gasteiger partial charge in [-0.25, -0.2) is 4.39 Å². The Labute approximate surface area is 236 Å². The van der Waals surface area contributed by atoms with Gasteiger partial charge in [-0.3, -0.25) is 14.4 Å². The number of phenolic OH excluding ortho intramolecular Hbond substituents is 1. The van der Waals surface area contributed by atoms with Crippen LogP contribution in [0, 0.1) is 40.3 Å². The molecule has 3 aliphatic rings. The molecule has 7 N–H and O–H groups in total. The van der Waals surface area contributed by atoms with Crippen LogP contribution in [0.15, 0.2) is 42.5 Å². The van der Waals surface area contributed by atoms with E-state index >= 15 is 0 Å². The lowest BCUT2D eigenvalue weighted by atomic mass is 9.36. The van der Waals surface area contributed by atoms with Crippen molar-refractivity contribution in [1.29, 1.82) is 0 Å². The Bertz CT molecular complexity index is 1430. The molecule has 41 heavy (non-hydrogen) atoms. The van der Waals surface area contributed by atoms with Crippen LogP contribution in [0.3, 0.4) is 0 Å². The molecule has 2 aromatic carbocycles. The highest BCUT2D eigenvalue weighted by Crippen LogP contribution is 2.68. The number of amides is 1. The number of rotatable bonds is 4. The van der Waals surface area contributed by atoms with E-state index in [4.69, 9.17) is 5.73 Å². The summed E-state index contributed by atoms with van der Waals surface area (Å²) in [4.78, 5) is 40.5. The molecular formula is C31H36FNO8. The van der Waals surface area contributed by atoms with E-state index in [0.29, 0.717) is 11.1 Å². The summed E-state index contributed by atoms with van der Waals surface area (Å²) in [5.41, 5.74) is 0.0278. The number of aliphatic hydroxyl groups excluding tert-OH is 3. The van der Waals surface area contributed by atoms with Crippen LogP contribution < -0.4 is 5.73 Å². The summed E-state index contributed by atoms with van der Waals surface area (Å²) in [5.74, 6) is -10.0. The highest BCUT2D eigenvalue weighted by Gasteiger charge is 2.80. The number of hydrogen-bond acceptors (Lipinski definition) is 8. The molecule has 0 radical (unpaired) electrons. The highest BCUT2D eigenvalue weighted by molar-refractivity contribution is 6.09. The van der Waals surface area contributed by atoms with Gasteiger partial charge in [0.15, 0.2) is 17.2 Å². The standard InChI is InChI=1S/C31H36FNO8/c1-13(2)21-24(36)20(27(33)39)25(37)31(41)26(38)22-23(35)19-16(6-5-7-18(19)34)17(12-14-8-10-15(32)11-9-14)29(22,3)28(40)30(21,31)4/h5-11,13,17,20-22,24,26,28,34,36,38,40-41H,12H2,1-4H3,(H2,33,39)/t17-,20-,21+,22-,24?,26?,28-,29+,30+,31+/m1/s1. The number of fused-ring (bicyclic) bond motifs is 3. The zero-order chi connectivity index (χ0) is 30.4. The van der Waals surface area contributed by atoms with Gasteiger partial charge in [-0.15, -0.1) is 0 Å². The fourth-order valence-electron chi connectivity index (χ4n) is 8.74. The van der Waals surface area contributed by atoms with Gasteiger partial charge < -0.3 is 31.3 Å². The molecular weight excluding hydrogens is 533 g/mol. The third-order valence-corrected chi connectivity index (χ3v) is 10.6. The number of nitrogens with two attached hydrogens (primary N) is 1. The summed E-state index contributed by atoms with van der Waals surface area (Å²) in [6, 6.07) is 10.1. The van der Waals surface area contributed by atoms with Crippen molar-refractivity contribution in [3.05, 3.63) is 65.0 Å². The topological polar surface area (TPSA) is 178 Å². The Balaban J connectivity index is 1.81. The average Bonchev–Trinajstić information content (AvgIpc) is 2.89. The van der Waals surface area contributed by atoms with Gasteiger partial charge >= 0.3 is 0 Å². The molecule has 2 fully saturated rings. The molecule has 2 unspecified atom stereocenters. The summed E-state index contributed by atoms with van der Waals surface area (Å²) in [6.45, 7) is 6.36. The second-order valence-corrected chi connectivity index (χ2v) is 12.7. The molecule has 10 atom stereocenters. The first kappa shape index (κ1) is 29.3. The van der Waals surface area contributed by atoms with E-state index in [0.717, 1.165) is 0 Å². The van der Waals surface area contributed by atoms with Crippen LogP contribution in [-0.2, 0) is 16.0 Å². The molecule has 0 bridgehead atoms. The molecule has 220 valence electrons. The second-order valence-electron chi connectivity index (χ2n) is 12.7. The van der Waals surface area contributed by atoms with Gasteiger partial charge in [0.25, 0.3) is 0 Å². The van der Waals surface area contributed by atoms with E-state index in [9.17, 15) is 44.3 Å². The molecule has 1 amide bonds. The molecule has 9 nitrogen and oxygen atoms in total. The summed E-state index contributed by atoms with van der Waals surface area (Å²) in [5, 5.41) is 58.9. The van der Waals surface area contributed by atoms with Gasteiger partial charge in [-0.2, -0.15) is 0 Å². The third-order valence-electron chi connectivity index (χ3n) is 10.6. The summed E-state index contributed by atoms with van der Waals surface area (Å²) < 4.78 is 13.8. The van der Waals surface area contributed by atoms with E-state index in [-0.39, 0.29) is 17.7 Å². The van der Waals surface area contributed by atoms with E-state index in [2.05, 4.69) is 0 Å². The second kappa shape index (κ2) is 9.42. The number of Topliss-reactive ketones (excluding diaryl/α,β-unsaturated/α-hetero) is 2. The summed E-state index contributed by atoms with van der Waals surface area (Å²) in [7, 11) is 0. The fourth-order valence-corrected chi connectivity index (χ4v) is 8.74. The van der Waals surface area contributed by atoms with Crippen molar-refractivity contribution in [1.82, 2.24) is 0 Å². The third kappa shape index (κ3) is 3.57. The van der Waals surface area contributed by atoms with Crippen LogP contribution in [0.4, 0.5) is 4.39 Å². The molecule has 2 aromatic rings. The Hall–Kier alpha value is -3.18. The Morgan fingerprint density at radius 1 is 1.05 bits per heavy atom. The molecule has 0 aliphatic heterocycles. The highest BCUT2D eigenvalue weighted by atomic mass is 19.1. The first-order valence-corrected chi connectivity index (χ1v) is 13.8. The van der Waals surface area contributed by atoms with Crippen LogP contribution in [0.25, 0.3) is 0 Å². The quantitative estimate of drug-likeness (QED) is 0.300. The minimum atomic E-state index is -2.86. The molecule has 0 spiro atoms. The molecule has 0 aromatic heterocycles. The lowest BCUT2D eigenvalue weighted by Crippen LogP contribution is -2.83. The fraction of sp³-hybridized carbons (Fsp3) is 0.516. The number of primary amides is 1. The van der Waals surface area contributed by atoms with Crippen LogP contribution in [0.2, 0.25) is 0 Å². The van der Waals surface area contributed by atoms with Gasteiger partial charge in [0.05, 0.1) is 23.7 Å². The van der Waals surface area contributed by atoms with Crippen molar-refractivity contribution in [2.75, 3.05) is 0 Å². The van der Waals surface area contributed by atoms with Crippen LogP contribution in [0.1, 0.15) is 55.1 Å². The predicted octanol–water partition coefficient (Wildman–Crippen LogP) is 1.47. The first-order valence-electron chi connectivity index (χ1n) is 13.8. The zero-order valence-corrected chi connectivity index (χ0v) is 23.3. The molecule has 5 rings (SSSR count). The van der Waals surface area contributed by atoms with Crippen LogP contribution >= 0.6 is 0 Å². The SMILES string of the molecule is CC(C)[C@H]1C(O)[C@@H](C(N)=O)C(=O)[C@]2(O)C(O)[C@H]3C(=O)c4c(O)cccc4[C@@H](Cc4ccc(F)cc4)[C@]3(C)[C@@H](O)[C@]12C. The normalized spacial score (nSPS) is 40.1. The molecule has 10 heteroatoms. The minimum Gasteiger partial charge on any atom is -0.507 e. The maximum absolute atomic E-state index is 14.2. The van der Waals surface area contributed by atoms with Gasteiger partial charge in [0.1, 0.15) is 23.6 Å². The predicted molar refractivity (Wildman–Crippen MR) is 144 cm³/mol. The smallest absolute Gasteiger partial charge is 0.230 e. The maximum atomic E-state index is 14.2. The number of aliphatic hydroxyl groups is 4. The van der Waals surface area contributed by atoms with Crippen molar-refractivity contribution < 1.29 is 44.3 Å². The number of hydrogen-bond donors (Lipinski definition) is 6. The number of benzene rings is 2. The number of carbonyl (C=O) groups is 3. The van der Waals surface area contributed by atoms with E-state index in [1.54, 1.807) is 45.0 Å². The van der Waals surface area contributed by atoms with Gasteiger partial charge in [0, 0.05) is 10.8 Å². The lowest BCUT2D eigenvalue weighted by Gasteiger charge is -2.69.